The molecule has 0 saturated heterocycles. The van der Waals surface area contributed by atoms with Crippen molar-refractivity contribution in [2.24, 2.45) is 0 Å². The van der Waals surface area contributed by atoms with Gasteiger partial charge in [0.05, 0.1) is 159 Å². The molecule has 13 nitrogen and oxygen atoms in total. The summed E-state index contributed by atoms with van der Waals surface area (Å²) in [5, 5.41) is 0. The zero-order valence-corrected chi connectivity index (χ0v) is 42.0. The number of hydrogen-bond acceptors (Lipinski definition) is 13. The molecule has 0 fully saturated rings. The van der Waals surface area contributed by atoms with Gasteiger partial charge in [0.1, 0.15) is 0 Å². The third-order valence-corrected chi connectivity index (χ3v) is 10.5. The average molecular weight is 925 g/mol. The average Bonchev–Trinajstić information content (AvgIpc) is 3.31. The molecular formula is C51H104O13. The van der Waals surface area contributed by atoms with Gasteiger partial charge in [-0.3, -0.25) is 0 Å². The third-order valence-electron chi connectivity index (χ3n) is 10.5. The molecule has 0 amide bonds. The summed E-state index contributed by atoms with van der Waals surface area (Å²) < 4.78 is 72.4. The Kier molecular flexibility index (Phi) is 62.0. The molecule has 0 heterocycles. The SMILES string of the molecule is CCCCCCCCCCCCCCCOCCOCCOCCOCCOCCOCCOCCOCCOCCOCCOCCOCCOCCCCCCCCCCCC. The van der Waals surface area contributed by atoms with Gasteiger partial charge in [-0.25, -0.2) is 0 Å². The minimum absolute atomic E-state index is 0.518. The van der Waals surface area contributed by atoms with Crippen molar-refractivity contribution in [3.8, 4) is 0 Å². The highest BCUT2D eigenvalue weighted by molar-refractivity contribution is 4.50. The first-order valence-electron chi connectivity index (χ1n) is 26.4. The largest absolute Gasteiger partial charge is 0.379 e. The van der Waals surface area contributed by atoms with Crippen LogP contribution in [0.5, 0.6) is 0 Å². The fourth-order valence-electron chi connectivity index (χ4n) is 6.65. The molecule has 0 aliphatic rings. The van der Waals surface area contributed by atoms with Crippen LogP contribution in [0.4, 0.5) is 0 Å². The second-order valence-electron chi connectivity index (χ2n) is 16.4. The van der Waals surface area contributed by atoms with Gasteiger partial charge in [0.2, 0.25) is 0 Å². The second kappa shape index (κ2) is 62.5. The van der Waals surface area contributed by atoms with Crippen molar-refractivity contribution in [2.45, 2.75) is 162 Å². The second-order valence-corrected chi connectivity index (χ2v) is 16.4. The number of hydrogen-bond donors (Lipinski definition) is 0. The number of ether oxygens (including phenoxy) is 13. The molecule has 0 N–H and O–H groups in total. The summed E-state index contributed by atoms with van der Waals surface area (Å²) in [6.45, 7) is 19.4. The molecule has 0 unspecified atom stereocenters. The highest BCUT2D eigenvalue weighted by atomic mass is 16.6. The summed E-state index contributed by atoms with van der Waals surface area (Å²) in [5.74, 6) is 0. The van der Waals surface area contributed by atoms with Gasteiger partial charge >= 0.3 is 0 Å². The molecule has 13 heteroatoms. The van der Waals surface area contributed by atoms with Gasteiger partial charge in [0, 0.05) is 13.2 Å². The molecule has 0 aromatic rings. The Morgan fingerprint density at radius 2 is 0.234 bits per heavy atom. The van der Waals surface area contributed by atoms with Gasteiger partial charge in [0.15, 0.2) is 0 Å². The van der Waals surface area contributed by atoms with E-state index in [1.807, 2.05) is 0 Å². The van der Waals surface area contributed by atoms with Crippen molar-refractivity contribution in [3.63, 3.8) is 0 Å². The first-order valence-corrected chi connectivity index (χ1v) is 26.4. The van der Waals surface area contributed by atoms with Crippen LogP contribution in [0, 0.1) is 0 Å². The lowest BCUT2D eigenvalue weighted by atomic mass is 10.0. The van der Waals surface area contributed by atoms with E-state index < -0.39 is 0 Å². The van der Waals surface area contributed by atoms with Crippen molar-refractivity contribution in [1.29, 1.82) is 0 Å². The van der Waals surface area contributed by atoms with Gasteiger partial charge in [-0.1, -0.05) is 149 Å². The lowest BCUT2D eigenvalue weighted by molar-refractivity contribution is -0.0290. The van der Waals surface area contributed by atoms with E-state index in [0.29, 0.717) is 159 Å². The minimum atomic E-state index is 0.518. The summed E-state index contributed by atoms with van der Waals surface area (Å²) in [6, 6.07) is 0. The van der Waals surface area contributed by atoms with Crippen molar-refractivity contribution >= 4 is 0 Å². The van der Waals surface area contributed by atoms with Gasteiger partial charge in [0.25, 0.3) is 0 Å². The maximum atomic E-state index is 5.69. The fraction of sp³-hybridized carbons (Fsp3) is 1.00. The molecule has 0 aromatic heterocycles. The summed E-state index contributed by atoms with van der Waals surface area (Å²) in [4.78, 5) is 0. The van der Waals surface area contributed by atoms with E-state index in [0.717, 1.165) is 26.1 Å². The standard InChI is InChI=1S/C51H104O13/c1-3-5-7-9-11-13-15-16-17-19-21-23-25-27-53-29-31-55-33-35-57-37-39-59-41-43-61-45-47-63-49-51-64-50-48-62-46-44-60-42-40-58-38-36-56-34-32-54-30-28-52-26-24-22-20-18-14-12-10-8-6-4-2/h3-51H2,1-2H3. The van der Waals surface area contributed by atoms with Crippen LogP contribution in [0.2, 0.25) is 0 Å². The molecular weight excluding hydrogens is 821 g/mol. The van der Waals surface area contributed by atoms with Gasteiger partial charge in [-0.15, -0.1) is 0 Å². The first-order chi connectivity index (χ1) is 31.9. The summed E-state index contributed by atoms with van der Waals surface area (Å²) >= 11 is 0. The van der Waals surface area contributed by atoms with Crippen LogP contribution in [0.3, 0.4) is 0 Å². The smallest absolute Gasteiger partial charge is 0.0701 e. The summed E-state index contributed by atoms with van der Waals surface area (Å²) in [6.07, 6.45) is 31.2. The van der Waals surface area contributed by atoms with Crippen LogP contribution < -0.4 is 0 Å². The quantitative estimate of drug-likeness (QED) is 0.0539. The lowest BCUT2D eigenvalue weighted by Gasteiger charge is -2.09. The molecule has 0 saturated carbocycles. The third kappa shape index (κ3) is 61.5. The Morgan fingerprint density at radius 1 is 0.125 bits per heavy atom. The van der Waals surface area contributed by atoms with Crippen LogP contribution in [-0.4, -0.2) is 172 Å². The maximum absolute atomic E-state index is 5.69. The molecule has 0 rings (SSSR count). The van der Waals surface area contributed by atoms with Crippen molar-refractivity contribution in [2.75, 3.05) is 172 Å². The van der Waals surface area contributed by atoms with Crippen LogP contribution in [0.25, 0.3) is 0 Å². The van der Waals surface area contributed by atoms with E-state index in [-0.39, 0.29) is 0 Å². The molecule has 0 aromatic carbocycles. The highest BCUT2D eigenvalue weighted by Crippen LogP contribution is 2.13. The molecule has 0 spiro atoms. The Labute approximate surface area is 393 Å². The molecule has 0 radical (unpaired) electrons. The molecule has 0 atom stereocenters. The topological polar surface area (TPSA) is 120 Å². The van der Waals surface area contributed by atoms with Gasteiger partial charge in [-0.2, -0.15) is 0 Å². The van der Waals surface area contributed by atoms with E-state index in [4.69, 9.17) is 61.6 Å². The number of unbranched alkanes of at least 4 members (excludes halogenated alkanes) is 21. The van der Waals surface area contributed by atoms with Crippen molar-refractivity contribution < 1.29 is 61.6 Å². The Hall–Kier alpha value is -0.520. The molecule has 0 aliphatic carbocycles. The van der Waals surface area contributed by atoms with Crippen LogP contribution in [0.15, 0.2) is 0 Å². The van der Waals surface area contributed by atoms with E-state index in [2.05, 4.69) is 13.8 Å². The normalized spacial score (nSPS) is 11.7. The van der Waals surface area contributed by atoms with Crippen molar-refractivity contribution in [1.82, 2.24) is 0 Å². The van der Waals surface area contributed by atoms with Crippen LogP contribution >= 0.6 is 0 Å². The van der Waals surface area contributed by atoms with Gasteiger partial charge in [-0.05, 0) is 12.8 Å². The molecule has 0 aliphatic heterocycles. The zero-order valence-electron chi connectivity index (χ0n) is 42.0. The zero-order chi connectivity index (χ0) is 45.8. The van der Waals surface area contributed by atoms with E-state index in [1.165, 1.54) is 135 Å². The van der Waals surface area contributed by atoms with E-state index in [1.54, 1.807) is 0 Å². The minimum Gasteiger partial charge on any atom is -0.379 e. The van der Waals surface area contributed by atoms with Crippen molar-refractivity contribution in [3.05, 3.63) is 0 Å². The Bertz CT molecular complexity index is 723. The number of rotatable bonds is 61. The molecule has 0 bridgehead atoms. The lowest BCUT2D eigenvalue weighted by Crippen LogP contribution is -2.15. The Balaban J connectivity index is 3.06. The summed E-state index contributed by atoms with van der Waals surface area (Å²) in [7, 11) is 0. The van der Waals surface area contributed by atoms with Crippen LogP contribution in [0.1, 0.15) is 162 Å². The fourth-order valence-corrected chi connectivity index (χ4v) is 6.65. The maximum Gasteiger partial charge on any atom is 0.0701 e. The summed E-state index contributed by atoms with van der Waals surface area (Å²) in [5.41, 5.74) is 0. The first kappa shape index (κ1) is 63.5. The Morgan fingerprint density at radius 3 is 0.375 bits per heavy atom. The molecule has 64 heavy (non-hydrogen) atoms. The highest BCUT2D eigenvalue weighted by Gasteiger charge is 1.99. The molecule has 386 valence electrons. The predicted octanol–water partition coefficient (Wildman–Crippen LogP) is 10.2. The van der Waals surface area contributed by atoms with Crippen LogP contribution in [-0.2, 0) is 61.6 Å². The predicted molar refractivity (Wildman–Crippen MR) is 258 cm³/mol. The van der Waals surface area contributed by atoms with E-state index in [9.17, 15) is 0 Å². The van der Waals surface area contributed by atoms with E-state index >= 15 is 0 Å². The van der Waals surface area contributed by atoms with Gasteiger partial charge < -0.3 is 61.6 Å². The monoisotopic (exact) mass is 925 g/mol.